The van der Waals surface area contributed by atoms with Gasteiger partial charge in [0.2, 0.25) is 5.91 Å². The van der Waals surface area contributed by atoms with Crippen LogP contribution in [0, 0.1) is 5.92 Å². The van der Waals surface area contributed by atoms with Gasteiger partial charge in [-0.05, 0) is 71.2 Å². The molecule has 1 amide bonds. The van der Waals surface area contributed by atoms with Crippen LogP contribution in [-0.2, 0) is 11.2 Å². The zero-order valence-corrected chi connectivity index (χ0v) is 16.1. The molecule has 1 aromatic carbocycles. The number of carbonyl (C=O) groups is 1. The molecule has 4 nitrogen and oxygen atoms in total. The minimum Gasteiger partial charge on any atom is -0.371 e. The van der Waals surface area contributed by atoms with Crippen molar-refractivity contribution in [1.29, 1.82) is 0 Å². The Labute approximate surface area is 152 Å². The van der Waals surface area contributed by atoms with Crippen LogP contribution in [0.5, 0.6) is 0 Å². The number of carbonyl (C=O) groups excluding carboxylic acids is 1. The van der Waals surface area contributed by atoms with Crippen LogP contribution in [0.1, 0.15) is 45.6 Å². The van der Waals surface area contributed by atoms with Gasteiger partial charge in [0.05, 0.1) is 0 Å². The molecule has 25 heavy (non-hydrogen) atoms. The van der Waals surface area contributed by atoms with E-state index in [9.17, 15) is 4.79 Å². The monoisotopic (exact) mass is 343 g/mol. The average molecular weight is 344 g/mol. The van der Waals surface area contributed by atoms with Crippen LogP contribution >= 0.6 is 0 Å². The second-order valence-electron chi connectivity index (χ2n) is 8.44. The van der Waals surface area contributed by atoms with Crippen molar-refractivity contribution in [3.05, 3.63) is 29.8 Å². The van der Waals surface area contributed by atoms with Crippen molar-refractivity contribution in [2.75, 3.05) is 37.6 Å². The van der Waals surface area contributed by atoms with Gasteiger partial charge in [-0.2, -0.15) is 0 Å². The molecule has 2 aliphatic rings. The van der Waals surface area contributed by atoms with Gasteiger partial charge in [-0.15, -0.1) is 0 Å². The topological polar surface area (TPSA) is 35.6 Å². The Bertz CT molecular complexity index is 585. The fraction of sp³-hybridized carbons (Fsp3) is 0.667. The summed E-state index contributed by atoms with van der Waals surface area (Å²) >= 11 is 0. The van der Waals surface area contributed by atoms with Gasteiger partial charge in [-0.3, -0.25) is 9.69 Å². The molecule has 0 aliphatic carbocycles. The van der Waals surface area contributed by atoms with E-state index >= 15 is 0 Å². The van der Waals surface area contributed by atoms with E-state index in [1.54, 1.807) is 0 Å². The van der Waals surface area contributed by atoms with Crippen LogP contribution in [0.15, 0.2) is 24.3 Å². The molecular weight excluding hydrogens is 310 g/mol. The Morgan fingerprint density at radius 3 is 2.60 bits per heavy atom. The minimum atomic E-state index is 0.200. The van der Waals surface area contributed by atoms with Crippen molar-refractivity contribution in [2.45, 2.75) is 52.0 Å². The molecule has 1 saturated heterocycles. The van der Waals surface area contributed by atoms with E-state index in [-0.39, 0.29) is 17.4 Å². The molecule has 0 aromatic heterocycles. The number of nitrogens with one attached hydrogen (secondary N) is 1. The third-order valence-electron chi connectivity index (χ3n) is 5.70. The number of nitrogens with zero attached hydrogens (tertiary/aromatic N) is 2. The van der Waals surface area contributed by atoms with Crippen LogP contribution in [-0.4, -0.2) is 49.1 Å². The van der Waals surface area contributed by atoms with Crippen molar-refractivity contribution in [1.82, 2.24) is 10.2 Å². The summed E-state index contributed by atoms with van der Waals surface area (Å²) in [6.45, 7) is 11.8. The summed E-state index contributed by atoms with van der Waals surface area (Å²) in [5.74, 6) is 0.460. The fourth-order valence-corrected chi connectivity index (χ4v) is 4.08. The number of likely N-dealkylation sites (tertiary alicyclic amines) is 1. The van der Waals surface area contributed by atoms with Crippen LogP contribution < -0.4 is 10.2 Å². The average Bonchev–Trinajstić information content (AvgIpc) is 3.01. The smallest absolute Gasteiger partial charge is 0.223 e. The maximum absolute atomic E-state index is 12.4. The SMILES string of the molecule is CC(C)(C)N1CCC(C(=O)NCCCN2CCc3ccccc32)CC1. The first-order chi connectivity index (χ1) is 11.9. The summed E-state index contributed by atoms with van der Waals surface area (Å²) in [6, 6.07) is 8.67. The minimum absolute atomic E-state index is 0.200. The Morgan fingerprint density at radius 1 is 1.16 bits per heavy atom. The van der Waals surface area contributed by atoms with E-state index in [0.29, 0.717) is 0 Å². The molecule has 1 N–H and O–H groups in total. The van der Waals surface area contributed by atoms with Gasteiger partial charge in [0.25, 0.3) is 0 Å². The van der Waals surface area contributed by atoms with E-state index in [4.69, 9.17) is 0 Å². The second-order valence-corrected chi connectivity index (χ2v) is 8.44. The van der Waals surface area contributed by atoms with Gasteiger partial charge in [-0.25, -0.2) is 0 Å². The van der Waals surface area contributed by atoms with Crippen LogP contribution in [0.3, 0.4) is 0 Å². The first kappa shape index (κ1) is 18.2. The standard InChI is InChI=1S/C21H33N3O/c1-21(2,3)24-15-10-18(11-16-24)20(25)22-12-6-13-23-14-9-17-7-4-5-8-19(17)23/h4-5,7-8,18H,6,9-16H2,1-3H3,(H,22,25). The first-order valence-electron chi connectivity index (χ1n) is 9.81. The summed E-state index contributed by atoms with van der Waals surface area (Å²) in [6.07, 6.45) is 4.14. The summed E-state index contributed by atoms with van der Waals surface area (Å²) < 4.78 is 0. The third-order valence-corrected chi connectivity index (χ3v) is 5.70. The summed E-state index contributed by atoms with van der Waals surface area (Å²) in [4.78, 5) is 17.3. The van der Waals surface area contributed by atoms with Gasteiger partial charge in [-0.1, -0.05) is 18.2 Å². The molecule has 1 aromatic rings. The Hall–Kier alpha value is -1.55. The molecule has 2 aliphatic heterocycles. The van der Waals surface area contributed by atoms with E-state index < -0.39 is 0 Å². The highest BCUT2D eigenvalue weighted by molar-refractivity contribution is 5.78. The fourth-order valence-electron chi connectivity index (χ4n) is 4.08. The number of anilines is 1. The molecule has 138 valence electrons. The van der Waals surface area contributed by atoms with Crippen LogP contribution in [0.4, 0.5) is 5.69 Å². The van der Waals surface area contributed by atoms with E-state index in [2.05, 4.69) is 60.2 Å². The number of amides is 1. The molecule has 0 spiro atoms. The molecule has 3 rings (SSSR count). The van der Waals surface area contributed by atoms with Crippen molar-refractivity contribution < 1.29 is 4.79 Å². The van der Waals surface area contributed by atoms with Crippen molar-refractivity contribution in [3.8, 4) is 0 Å². The van der Waals surface area contributed by atoms with Crippen molar-refractivity contribution in [3.63, 3.8) is 0 Å². The summed E-state index contributed by atoms with van der Waals surface area (Å²) in [5, 5.41) is 3.17. The predicted octanol–water partition coefficient (Wildman–Crippen LogP) is 3.07. The quantitative estimate of drug-likeness (QED) is 0.835. The zero-order chi connectivity index (χ0) is 17.9. The van der Waals surface area contributed by atoms with E-state index in [1.165, 1.54) is 11.3 Å². The Morgan fingerprint density at radius 2 is 1.88 bits per heavy atom. The van der Waals surface area contributed by atoms with Crippen molar-refractivity contribution >= 4 is 11.6 Å². The molecule has 2 heterocycles. The summed E-state index contributed by atoms with van der Waals surface area (Å²) in [7, 11) is 0. The number of benzene rings is 1. The molecule has 4 heteroatoms. The van der Waals surface area contributed by atoms with E-state index in [0.717, 1.165) is 58.4 Å². The number of para-hydroxylation sites is 1. The maximum atomic E-state index is 12.4. The molecule has 0 bridgehead atoms. The molecule has 0 atom stereocenters. The lowest BCUT2D eigenvalue weighted by molar-refractivity contribution is -0.126. The lowest BCUT2D eigenvalue weighted by atomic mass is 9.92. The number of piperidine rings is 1. The van der Waals surface area contributed by atoms with Crippen molar-refractivity contribution in [2.24, 2.45) is 5.92 Å². The molecule has 1 fully saturated rings. The number of rotatable bonds is 5. The lowest BCUT2D eigenvalue weighted by Crippen LogP contribution is -2.48. The molecule has 0 radical (unpaired) electrons. The van der Waals surface area contributed by atoms with E-state index in [1.807, 2.05) is 0 Å². The number of hydrogen-bond donors (Lipinski definition) is 1. The highest BCUT2D eigenvalue weighted by Gasteiger charge is 2.29. The molecule has 0 unspecified atom stereocenters. The third kappa shape index (κ3) is 4.55. The highest BCUT2D eigenvalue weighted by Crippen LogP contribution is 2.27. The van der Waals surface area contributed by atoms with Gasteiger partial charge < -0.3 is 10.2 Å². The van der Waals surface area contributed by atoms with Gasteiger partial charge in [0.1, 0.15) is 0 Å². The van der Waals surface area contributed by atoms with Gasteiger partial charge >= 0.3 is 0 Å². The molecule has 0 saturated carbocycles. The first-order valence-corrected chi connectivity index (χ1v) is 9.81. The Kier molecular flexibility index (Phi) is 5.67. The predicted molar refractivity (Wildman–Crippen MR) is 104 cm³/mol. The van der Waals surface area contributed by atoms with Crippen LogP contribution in [0.2, 0.25) is 0 Å². The van der Waals surface area contributed by atoms with Crippen LogP contribution in [0.25, 0.3) is 0 Å². The normalized spacial score (nSPS) is 19.1. The highest BCUT2D eigenvalue weighted by atomic mass is 16.1. The lowest BCUT2D eigenvalue weighted by Gasteiger charge is -2.40. The number of fused-ring (bicyclic) bond motifs is 1. The zero-order valence-electron chi connectivity index (χ0n) is 16.1. The van der Waals surface area contributed by atoms with Gasteiger partial charge in [0.15, 0.2) is 0 Å². The molecular formula is C21H33N3O. The largest absolute Gasteiger partial charge is 0.371 e. The Balaban J connectivity index is 1.35. The second kappa shape index (κ2) is 7.77. The number of hydrogen-bond acceptors (Lipinski definition) is 3. The van der Waals surface area contributed by atoms with Gasteiger partial charge in [0, 0.05) is 36.8 Å². The maximum Gasteiger partial charge on any atom is 0.223 e. The summed E-state index contributed by atoms with van der Waals surface area (Å²) in [5.41, 5.74) is 3.05.